The molecule has 1 aromatic rings. The molecule has 2 N–H and O–H groups in total. The molecule has 1 aliphatic carbocycles. The number of carbonyl (C=O) groups is 3. The molecule has 2 heterocycles. The van der Waals surface area contributed by atoms with Crippen molar-refractivity contribution >= 4 is 23.4 Å². The van der Waals surface area contributed by atoms with E-state index in [0.29, 0.717) is 18.5 Å². The number of hydrogen-bond acceptors (Lipinski definition) is 5. The van der Waals surface area contributed by atoms with Crippen LogP contribution in [0.3, 0.4) is 0 Å². The van der Waals surface area contributed by atoms with Crippen molar-refractivity contribution in [2.24, 2.45) is 0 Å². The monoisotopic (exact) mass is 442 g/mol. The average Bonchev–Trinajstić information content (AvgIpc) is 3.28. The second-order valence-corrected chi connectivity index (χ2v) is 9.04. The fourth-order valence-corrected chi connectivity index (χ4v) is 5.15. The van der Waals surface area contributed by atoms with Gasteiger partial charge in [-0.1, -0.05) is 19.3 Å². The van der Waals surface area contributed by atoms with Crippen molar-refractivity contribution in [3.05, 3.63) is 29.8 Å². The highest BCUT2D eigenvalue weighted by Crippen LogP contribution is 2.33. The van der Waals surface area contributed by atoms with E-state index in [4.69, 9.17) is 4.74 Å². The Balaban J connectivity index is 1.26. The molecule has 2 aliphatic heterocycles. The number of anilines is 1. The molecule has 2 saturated heterocycles. The molecule has 174 valence electrons. The molecule has 0 spiro atoms. The van der Waals surface area contributed by atoms with Gasteiger partial charge in [-0.2, -0.15) is 0 Å². The average molecular weight is 443 g/mol. The summed E-state index contributed by atoms with van der Waals surface area (Å²) in [5.74, 6) is -0.345. The number of amides is 3. The van der Waals surface area contributed by atoms with E-state index in [1.807, 2.05) is 0 Å². The Morgan fingerprint density at radius 3 is 2.31 bits per heavy atom. The minimum Gasteiger partial charge on any atom is -0.379 e. The first-order chi connectivity index (χ1) is 15.6. The van der Waals surface area contributed by atoms with Crippen LogP contribution in [-0.2, 0) is 14.3 Å². The van der Waals surface area contributed by atoms with E-state index in [9.17, 15) is 14.4 Å². The van der Waals surface area contributed by atoms with Crippen LogP contribution < -0.4 is 15.5 Å². The van der Waals surface area contributed by atoms with Gasteiger partial charge in [0.1, 0.15) is 0 Å². The molecular weight excluding hydrogens is 408 g/mol. The highest BCUT2D eigenvalue weighted by Gasteiger charge is 2.38. The molecule has 8 heteroatoms. The molecule has 4 rings (SSSR count). The van der Waals surface area contributed by atoms with Gasteiger partial charge in [0.15, 0.2) is 0 Å². The summed E-state index contributed by atoms with van der Waals surface area (Å²) in [5.41, 5.74) is 1.29. The van der Waals surface area contributed by atoms with Gasteiger partial charge in [0.25, 0.3) is 5.91 Å². The van der Waals surface area contributed by atoms with Gasteiger partial charge in [-0.25, -0.2) is 0 Å². The number of ether oxygens (including phenoxy) is 1. The van der Waals surface area contributed by atoms with Crippen LogP contribution in [0.4, 0.5) is 5.69 Å². The van der Waals surface area contributed by atoms with Crippen molar-refractivity contribution in [1.82, 2.24) is 15.5 Å². The molecular formula is C24H34N4O4. The van der Waals surface area contributed by atoms with Crippen molar-refractivity contribution in [3.8, 4) is 0 Å². The highest BCUT2D eigenvalue weighted by atomic mass is 16.5. The predicted octanol–water partition coefficient (Wildman–Crippen LogP) is 1.69. The first-order valence-corrected chi connectivity index (χ1v) is 11.9. The lowest BCUT2D eigenvalue weighted by Crippen LogP contribution is -2.60. The van der Waals surface area contributed by atoms with Crippen LogP contribution in [0, 0.1) is 0 Å². The number of hydrogen-bond donors (Lipinski definition) is 2. The molecule has 0 bridgehead atoms. The van der Waals surface area contributed by atoms with Gasteiger partial charge >= 0.3 is 0 Å². The van der Waals surface area contributed by atoms with Crippen LogP contribution in [0.1, 0.15) is 55.3 Å². The molecule has 1 saturated carbocycles. The number of carbonyl (C=O) groups excluding carboxylic acids is 3. The molecule has 3 amide bonds. The highest BCUT2D eigenvalue weighted by molar-refractivity contribution is 5.98. The van der Waals surface area contributed by atoms with E-state index in [0.717, 1.165) is 57.8 Å². The van der Waals surface area contributed by atoms with Gasteiger partial charge in [-0.3, -0.25) is 19.3 Å². The predicted molar refractivity (Wildman–Crippen MR) is 122 cm³/mol. The summed E-state index contributed by atoms with van der Waals surface area (Å²) in [6.07, 6.45) is 7.23. The normalized spacial score (nSPS) is 21.4. The molecule has 3 fully saturated rings. The lowest BCUT2D eigenvalue weighted by atomic mass is 9.79. The molecule has 0 radical (unpaired) electrons. The zero-order valence-electron chi connectivity index (χ0n) is 18.7. The standard InChI is InChI=1S/C24H34N4O4/c29-21(26-18-24(10-2-1-3-11-24)27-13-15-32-16-14-27)17-25-23(31)19-6-8-20(9-7-19)28-12-4-5-22(28)30/h6-9H,1-5,10-18H2,(H,25,31)(H,26,29). The largest absolute Gasteiger partial charge is 0.379 e. The van der Waals surface area contributed by atoms with E-state index in [2.05, 4.69) is 15.5 Å². The van der Waals surface area contributed by atoms with Crippen molar-refractivity contribution in [1.29, 1.82) is 0 Å². The fraction of sp³-hybridized carbons (Fsp3) is 0.625. The molecule has 1 aromatic carbocycles. The smallest absolute Gasteiger partial charge is 0.251 e. The maximum atomic E-state index is 12.5. The Kier molecular flexibility index (Phi) is 7.42. The molecule has 0 atom stereocenters. The van der Waals surface area contributed by atoms with Crippen LogP contribution in [0.5, 0.6) is 0 Å². The number of rotatable bonds is 7. The first kappa shape index (κ1) is 22.7. The third-order valence-electron chi connectivity index (χ3n) is 7.00. The third kappa shape index (κ3) is 5.30. The molecule has 0 unspecified atom stereocenters. The van der Waals surface area contributed by atoms with E-state index < -0.39 is 0 Å². The molecule has 3 aliphatic rings. The van der Waals surface area contributed by atoms with Crippen molar-refractivity contribution in [2.75, 3.05) is 50.8 Å². The zero-order valence-corrected chi connectivity index (χ0v) is 18.7. The summed E-state index contributed by atoms with van der Waals surface area (Å²) < 4.78 is 5.51. The summed E-state index contributed by atoms with van der Waals surface area (Å²) in [6, 6.07) is 6.97. The summed E-state index contributed by atoms with van der Waals surface area (Å²) in [6.45, 7) is 4.59. The number of nitrogens with one attached hydrogen (secondary N) is 2. The molecule has 0 aromatic heterocycles. The second kappa shape index (κ2) is 10.4. The summed E-state index contributed by atoms with van der Waals surface area (Å²) in [5, 5.41) is 5.78. The number of morpholine rings is 1. The van der Waals surface area contributed by atoms with E-state index in [-0.39, 0.29) is 29.8 Å². The number of nitrogens with zero attached hydrogens (tertiary/aromatic N) is 2. The van der Waals surface area contributed by atoms with E-state index >= 15 is 0 Å². The lowest BCUT2D eigenvalue weighted by molar-refractivity contribution is -0.121. The van der Waals surface area contributed by atoms with Crippen LogP contribution in [-0.4, -0.2) is 74.1 Å². The Bertz CT molecular complexity index is 814. The van der Waals surface area contributed by atoms with Crippen LogP contribution in [0.15, 0.2) is 24.3 Å². The number of benzene rings is 1. The molecule has 32 heavy (non-hydrogen) atoms. The summed E-state index contributed by atoms with van der Waals surface area (Å²) in [7, 11) is 0. The van der Waals surface area contributed by atoms with Gasteiger partial charge < -0.3 is 20.3 Å². The Hall–Kier alpha value is -2.45. The summed E-state index contributed by atoms with van der Waals surface area (Å²) >= 11 is 0. The van der Waals surface area contributed by atoms with E-state index in [1.54, 1.807) is 29.2 Å². The quantitative estimate of drug-likeness (QED) is 0.671. The maximum absolute atomic E-state index is 12.5. The van der Waals surface area contributed by atoms with Gasteiger partial charge in [0, 0.05) is 49.4 Å². The topological polar surface area (TPSA) is 91.0 Å². The Morgan fingerprint density at radius 2 is 1.66 bits per heavy atom. The first-order valence-electron chi connectivity index (χ1n) is 11.9. The third-order valence-corrected chi connectivity index (χ3v) is 7.00. The fourth-order valence-electron chi connectivity index (χ4n) is 5.15. The van der Waals surface area contributed by atoms with Gasteiger partial charge in [-0.15, -0.1) is 0 Å². The van der Waals surface area contributed by atoms with Gasteiger partial charge in [0.05, 0.1) is 19.8 Å². The van der Waals surface area contributed by atoms with Gasteiger partial charge in [-0.05, 0) is 43.5 Å². The maximum Gasteiger partial charge on any atom is 0.251 e. The second-order valence-electron chi connectivity index (χ2n) is 9.04. The Labute approximate surface area is 189 Å². The molecule has 8 nitrogen and oxygen atoms in total. The van der Waals surface area contributed by atoms with Crippen molar-refractivity contribution in [2.45, 2.75) is 50.5 Å². The summed E-state index contributed by atoms with van der Waals surface area (Å²) in [4.78, 5) is 41.1. The lowest BCUT2D eigenvalue weighted by Gasteiger charge is -2.48. The van der Waals surface area contributed by atoms with Crippen LogP contribution in [0.2, 0.25) is 0 Å². The minimum atomic E-state index is -0.292. The van der Waals surface area contributed by atoms with Crippen molar-refractivity contribution in [3.63, 3.8) is 0 Å². The van der Waals surface area contributed by atoms with Gasteiger partial charge in [0.2, 0.25) is 11.8 Å². The van der Waals surface area contributed by atoms with Crippen LogP contribution in [0.25, 0.3) is 0 Å². The van der Waals surface area contributed by atoms with E-state index in [1.165, 1.54) is 19.3 Å². The minimum absolute atomic E-state index is 0.00450. The zero-order chi connectivity index (χ0) is 22.4. The Morgan fingerprint density at radius 1 is 0.938 bits per heavy atom. The SMILES string of the molecule is O=C(CNC(=O)c1ccc(N2CCCC2=O)cc1)NCC1(N2CCOCC2)CCCCC1. The van der Waals surface area contributed by atoms with Crippen molar-refractivity contribution < 1.29 is 19.1 Å². The van der Waals surface area contributed by atoms with Crippen LogP contribution >= 0.6 is 0 Å².